The highest BCUT2D eigenvalue weighted by Crippen LogP contribution is 2.29. The van der Waals surface area contributed by atoms with E-state index in [2.05, 4.69) is 17.2 Å². The lowest BCUT2D eigenvalue weighted by atomic mass is 10.2. The van der Waals surface area contributed by atoms with Gasteiger partial charge in [-0.25, -0.2) is 0 Å². The number of nitrogen functional groups attached to an aromatic ring is 1. The van der Waals surface area contributed by atoms with E-state index >= 15 is 0 Å². The Bertz CT molecular complexity index is 485. The fraction of sp³-hybridized carbons (Fsp3) is 0.462. The average molecular weight is 321 g/mol. The molecular weight excluding hydrogens is 303 g/mol. The van der Waals surface area contributed by atoms with E-state index < -0.39 is 12.6 Å². The quantitative estimate of drug-likeness (QED) is 0.508. The number of anilines is 2. The van der Waals surface area contributed by atoms with Crippen LogP contribution in [0.3, 0.4) is 0 Å². The minimum atomic E-state index is -4.11. The highest BCUT2D eigenvalue weighted by molar-refractivity contribution is 7.18. The first-order chi connectivity index (χ1) is 9.83. The van der Waals surface area contributed by atoms with Gasteiger partial charge in [0.2, 0.25) is 0 Å². The Balaban J connectivity index is 2.40. The summed E-state index contributed by atoms with van der Waals surface area (Å²) >= 11 is 1.18. The topological polar surface area (TPSA) is 67.2 Å². The third kappa shape index (κ3) is 6.52. The summed E-state index contributed by atoms with van der Waals surface area (Å²) in [6.45, 7) is 4.24. The zero-order chi connectivity index (χ0) is 15.9. The summed E-state index contributed by atoms with van der Waals surface area (Å²) in [5.74, 6) is -0.289. The van der Waals surface area contributed by atoms with E-state index in [1.165, 1.54) is 11.3 Å². The number of nitrogens with one attached hydrogen (secondary N) is 2. The normalized spacial score (nSPS) is 11.2. The second kappa shape index (κ2) is 7.92. The Labute approximate surface area is 125 Å². The molecule has 0 atom stereocenters. The van der Waals surface area contributed by atoms with E-state index in [-0.39, 0.29) is 12.3 Å². The molecule has 0 aliphatic rings. The fourth-order valence-electron chi connectivity index (χ4n) is 1.58. The van der Waals surface area contributed by atoms with E-state index in [9.17, 15) is 18.0 Å². The number of nitrogens with two attached hydrogens (primary N) is 1. The molecule has 0 saturated heterocycles. The van der Waals surface area contributed by atoms with Crippen LogP contribution in [0.2, 0.25) is 0 Å². The molecule has 1 aromatic heterocycles. The molecule has 4 N–H and O–H groups in total. The number of halogens is 3. The van der Waals surface area contributed by atoms with Crippen LogP contribution in [0.4, 0.5) is 23.9 Å². The van der Waals surface area contributed by atoms with Gasteiger partial charge in [-0.15, -0.1) is 17.9 Å². The van der Waals surface area contributed by atoms with Gasteiger partial charge in [0.15, 0.2) is 0 Å². The number of rotatable bonds is 8. The van der Waals surface area contributed by atoms with Gasteiger partial charge >= 0.3 is 6.18 Å². The number of unbranched alkanes of at least 4 members (excludes halogenated alkanes) is 1. The second-order valence-electron chi connectivity index (χ2n) is 4.39. The molecule has 118 valence electrons. The van der Waals surface area contributed by atoms with Gasteiger partial charge < -0.3 is 16.4 Å². The number of carbonyl (C=O) groups is 1. The lowest BCUT2D eigenvalue weighted by Crippen LogP contribution is -2.22. The highest BCUT2D eigenvalue weighted by Gasteiger charge is 2.25. The summed E-state index contributed by atoms with van der Waals surface area (Å²) in [7, 11) is 0. The molecule has 0 aliphatic heterocycles. The zero-order valence-corrected chi connectivity index (χ0v) is 12.2. The van der Waals surface area contributed by atoms with Crippen molar-refractivity contribution in [2.24, 2.45) is 0 Å². The lowest BCUT2D eigenvalue weighted by Gasteiger charge is -2.06. The molecule has 1 amide bonds. The molecule has 0 saturated carbocycles. The Hall–Kier alpha value is -1.70. The Morgan fingerprint density at radius 1 is 1.43 bits per heavy atom. The van der Waals surface area contributed by atoms with E-state index in [4.69, 9.17) is 5.73 Å². The van der Waals surface area contributed by atoms with Gasteiger partial charge in [0, 0.05) is 19.5 Å². The standard InChI is InChI=1S/C13H18F3N3OS/c1-2-6-19-12(20)11-9(17)8-10(21-11)18-7-4-3-5-13(14,15)16/h2,8,18H,1,3-7,17H2,(H,19,20). The van der Waals surface area contributed by atoms with Crippen LogP contribution in [0, 0.1) is 0 Å². The maximum absolute atomic E-state index is 12.0. The predicted molar refractivity (Wildman–Crippen MR) is 79.7 cm³/mol. The minimum Gasteiger partial charge on any atom is -0.397 e. The average Bonchev–Trinajstić information content (AvgIpc) is 2.75. The maximum atomic E-state index is 12.0. The van der Waals surface area contributed by atoms with E-state index in [0.717, 1.165) is 0 Å². The van der Waals surface area contributed by atoms with Gasteiger partial charge in [0.05, 0.1) is 10.7 Å². The fourth-order valence-corrected chi connectivity index (χ4v) is 2.50. The van der Waals surface area contributed by atoms with E-state index in [1.54, 1.807) is 12.1 Å². The number of alkyl halides is 3. The summed E-state index contributed by atoms with van der Waals surface area (Å²) in [6, 6.07) is 1.61. The van der Waals surface area contributed by atoms with Gasteiger partial charge in [-0.3, -0.25) is 4.79 Å². The lowest BCUT2D eigenvalue weighted by molar-refractivity contribution is -0.135. The van der Waals surface area contributed by atoms with Crippen molar-refractivity contribution >= 4 is 27.9 Å². The largest absolute Gasteiger partial charge is 0.397 e. The van der Waals surface area contributed by atoms with Crippen LogP contribution in [0.5, 0.6) is 0 Å². The third-order valence-corrected chi connectivity index (χ3v) is 3.67. The number of carbonyl (C=O) groups excluding carboxylic acids is 1. The number of amides is 1. The van der Waals surface area contributed by atoms with Crippen LogP contribution in [-0.4, -0.2) is 25.2 Å². The molecule has 0 radical (unpaired) electrons. The SMILES string of the molecule is C=CCNC(=O)c1sc(NCCCCC(F)(F)F)cc1N. The first kappa shape index (κ1) is 17.4. The van der Waals surface area contributed by atoms with E-state index in [1.807, 2.05) is 0 Å². The Morgan fingerprint density at radius 3 is 2.76 bits per heavy atom. The first-order valence-corrected chi connectivity index (χ1v) is 7.24. The molecule has 0 spiro atoms. The molecule has 1 aromatic rings. The molecule has 1 heterocycles. The molecular formula is C13H18F3N3OS. The zero-order valence-electron chi connectivity index (χ0n) is 11.4. The third-order valence-electron chi connectivity index (χ3n) is 2.56. The van der Waals surface area contributed by atoms with Crippen molar-refractivity contribution in [2.45, 2.75) is 25.4 Å². The molecule has 0 bridgehead atoms. The maximum Gasteiger partial charge on any atom is 0.389 e. The predicted octanol–water partition coefficient (Wildman–Crippen LogP) is 3.39. The Morgan fingerprint density at radius 2 is 2.14 bits per heavy atom. The molecule has 0 aromatic carbocycles. The van der Waals surface area contributed by atoms with Crippen molar-refractivity contribution in [3.05, 3.63) is 23.6 Å². The number of hydrogen-bond acceptors (Lipinski definition) is 4. The molecule has 8 heteroatoms. The monoisotopic (exact) mass is 321 g/mol. The first-order valence-electron chi connectivity index (χ1n) is 6.42. The summed E-state index contributed by atoms with van der Waals surface area (Å²) in [5.41, 5.74) is 6.08. The van der Waals surface area contributed by atoms with Crippen LogP contribution < -0.4 is 16.4 Å². The van der Waals surface area contributed by atoms with Gasteiger partial charge in [-0.05, 0) is 18.9 Å². The molecule has 21 heavy (non-hydrogen) atoms. The van der Waals surface area contributed by atoms with Crippen molar-refractivity contribution in [2.75, 3.05) is 24.1 Å². The molecule has 4 nitrogen and oxygen atoms in total. The van der Waals surface area contributed by atoms with Crippen LogP contribution in [0.1, 0.15) is 28.9 Å². The molecule has 0 unspecified atom stereocenters. The van der Waals surface area contributed by atoms with Crippen LogP contribution in [-0.2, 0) is 0 Å². The van der Waals surface area contributed by atoms with Crippen LogP contribution in [0.25, 0.3) is 0 Å². The summed E-state index contributed by atoms with van der Waals surface area (Å²) in [6.07, 6.45) is -2.86. The van der Waals surface area contributed by atoms with Crippen molar-refractivity contribution in [3.8, 4) is 0 Å². The molecule has 0 fully saturated rings. The van der Waals surface area contributed by atoms with Gasteiger partial charge in [0.25, 0.3) is 5.91 Å². The number of hydrogen-bond donors (Lipinski definition) is 3. The molecule has 1 rings (SSSR count). The van der Waals surface area contributed by atoms with Crippen molar-refractivity contribution in [3.63, 3.8) is 0 Å². The van der Waals surface area contributed by atoms with Crippen molar-refractivity contribution < 1.29 is 18.0 Å². The van der Waals surface area contributed by atoms with E-state index in [0.29, 0.717) is 35.1 Å². The second-order valence-corrected chi connectivity index (χ2v) is 5.45. The minimum absolute atomic E-state index is 0.0734. The van der Waals surface area contributed by atoms with Crippen molar-refractivity contribution in [1.29, 1.82) is 0 Å². The number of thiophene rings is 1. The van der Waals surface area contributed by atoms with Gasteiger partial charge in [-0.2, -0.15) is 13.2 Å². The van der Waals surface area contributed by atoms with Crippen molar-refractivity contribution in [1.82, 2.24) is 5.32 Å². The summed E-state index contributed by atoms with van der Waals surface area (Å²) in [5, 5.41) is 6.26. The summed E-state index contributed by atoms with van der Waals surface area (Å²) < 4.78 is 35.9. The molecule has 0 aliphatic carbocycles. The van der Waals surface area contributed by atoms with Crippen LogP contribution >= 0.6 is 11.3 Å². The van der Waals surface area contributed by atoms with Gasteiger partial charge in [0.1, 0.15) is 4.88 Å². The smallest absolute Gasteiger partial charge is 0.389 e. The Kier molecular flexibility index (Phi) is 6.54. The van der Waals surface area contributed by atoms with Crippen LogP contribution in [0.15, 0.2) is 18.7 Å². The van der Waals surface area contributed by atoms with Gasteiger partial charge in [-0.1, -0.05) is 6.08 Å². The highest BCUT2D eigenvalue weighted by atomic mass is 32.1. The summed E-state index contributed by atoms with van der Waals surface area (Å²) in [4.78, 5) is 12.1.